The van der Waals surface area contributed by atoms with Gasteiger partial charge in [0.25, 0.3) is 11.5 Å². The molecule has 9 nitrogen and oxygen atoms in total. The number of carbonyl (C=O) groups excluding carboxylic acids is 3. The molecule has 0 bridgehead atoms. The van der Waals surface area contributed by atoms with Gasteiger partial charge in [0.1, 0.15) is 9.83 Å². The summed E-state index contributed by atoms with van der Waals surface area (Å²) in [5.74, 6) is -1.80. The highest BCUT2D eigenvalue weighted by molar-refractivity contribution is 7.99. The molecule has 3 aromatic rings. The molecular weight excluding hydrogens is 484 g/mol. The molecule has 0 saturated heterocycles. The first-order valence-corrected chi connectivity index (χ1v) is 13.0. The molecular formula is C21H22N4O5S3. The van der Waals surface area contributed by atoms with Crippen molar-refractivity contribution >= 4 is 67.4 Å². The van der Waals surface area contributed by atoms with Crippen molar-refractivity contribution in [3.05, 3.63) is 36.8 Å². The third-order valence-corrected chi connectivity index (χ3v) is 8.53. The number of hydrogen-bond donors (Lipinski definition) is 3. The monoisotopic (exact) mass is 506 g/mol. The normalized spacial score (nSPS) is 13.0. The third kappa shape index (κ3) is 4.68. The van der Waals surface area contributed by atoms with E-state index in [1.54, 1.807) is 25.2 Å². The molecule has 33 heavy (non-hydrogen) atoms. The first-order valence-electron chi connectivity index (χ1n) is 10.4. The van der Waals surface area contributed by atoms with Crippen LogP contribution in [-0.4, -0.2) is 40.1 Å². The lowest BCUT2D eigenvalue weighted by Gasteiger charge is -2.09. The third-order valence-electron chi connectivity index (χ3n) is 5.25. The molecule has 0 aliphatic heterocycles. The van der Waals surface area contributed by atoms with Gasteiger partial charge in [-0.1, -0.05) is 11.8 Å². The number of thioether (sulfide) groups is 1. The standard InChI is InChI=1S/C21H22N4O5S3/c1-3-30-20(29)13-9(2)15(16(22)27)33-18(13)23-12(26)8-31-21-24-17(28)14-10-6-4-5-7-11(10)32-19(14)25-21/h3-8H2,1-2H3,(H2,22,27)(H,23,26)(H,24,25,28). The fourth-order valence-corrected chi connectivity index (χ4v) is 6.84. The number of rotatable bonds is 7. The minimum absolute atomic E-state index is 0.0509. The van der Waals surface area contributed by atoms with Gasteiger partial charge in [0.05, 0.1) is 28.2 Å². The molecule has 0 saturated carbocycles. The smallest absolute Gasteiger partial charge is 0.341 e. The first kappa shape index (κ1) is 23.5. The van der Waals surface area contributed by atoms with Gasteiger partial charge < -0.3 is 20.8 Å². The van der Waals surface area contributed by atoms with E-state index in [1.165, 1.54) is 4.88 Å². The van der Waals surface area contributed by atoms with Gasteiger partial charge in [-0.15, -0.1) is 22.7 Å². The summed E-state index contributed by atoms with van der Waals surface area (Å²) in [5.41, 5.74) is 6.80. The Bertz CT molecular complexity index is 1320. The lowest BCUT2D eigenvalue weighted by Crippen LogP contribution is -2.17. The summed E-state index contributed by atoms with van der Waals surface area (Å²) in [7, 11) is 0. The number of H-pyrrole nitrogens is 1. The van der Waals surface area contributed by atoms with Crippen molar-refractivity contribution in [1.29, 1.82) is 0 Å². The van der Waals surface area contributed by atoms with Crippen molar-refractivity contribution in [2.24, 2.45) is 5.73 Å². The number of esters is 1. The van der Waals surface area contributed by atoms with Crippen LogP contribution in [-0.2, 0) is 22.4 Å². The van der Waals surface area contributed by atoms with Crippen LogP contribution in [0.5, 0.6) is 0 Å². The van der Waals surface area contributed by atoms with Crippen molar-refractivity contribution < 1.29 is 19.1 Å². The molecule has 0 aromatic carbocycles. The average Bonchev–Trinajstić information content (AvgIpc) is 3.30. The zero-order valence-corrected chi connectivity index (χ0v) is 20.5. The molecule has 4 rings (SSSR count). The van der Waals surface area contributed by atoms with Crippen molar-refractivity contribution in [3.63, 3.8) is 0 Å². The van der Waals surface area contributed by atoms with Gasteiger partial charge in [-0.3, -0.25) is 14.4 Å². The molecule has 0 fully saturated rings. The first-order chi connectivity index (χ1) is 15.8. The van der Waals surface area contributed by atoms with Gasteiger partial charge >= 0.3 is 5.97 Å². The molecule has 2 amide bonds. The topological polar surface area (TPSA) is 144 Å². The van der Waals surface area contributed by atoms with E-state index in [-0.39, 0.29) is 33.4 Å². The van der Waals surface area contributed by atoms with E-state index in [2.05, 4.69) is 15.3 Å². The molecule has 1 aliphatic carbocycles. The summed E-state index contributed by atoms with van der Waals surface area (Å²) < 4.78 is 5.05. The summed E-state index contributed by atoms with van der Waals surface area (Å²) in [4.78, 5) is 58.7. The van der Waals surface area contributed by atoms with Gasteiger partial charge in [0.2, 0.25) is 5.91 Å². The quantitative estimate of drug-likeness (QED) is 0.253. The van der Waals surface area contributed by atoms with Crippen LogP contribution in [0.25, 0.3) is 10.2 Å². The van der Waals surface area contributed by atoms with Gasteiger partial charge in [-0.2, -0.15) is 0 Å². The van der Waals surface area contributed by atoms with E-state index in [0.717, 1.165) is 54.3 Å². The number of amides is 2. The summed E-state index contributed by atoms with van der Waals surface area (Å²) in [6, 6.07) is 0. The van der Waals surface area contributed by atoms with Gasteiger partial charge in [0, 0.05) is 4.88 Å². The Labute approximate surface area is 201 Å². The minimum atomic E-state index is -0.688. The second-order valence-electron chi connectivity index (χ2n) is 7.44. The number of aryl methyl sites for hydroxylation is 2. The van der Waals surface area contributed by atoms with E-state index in [0.29, 0.717) is 20.9 Å². The van der Waals surface area contributed by atoms with E-state index in [9.17, 15) is 19.2 Å². The average molecular weight is 507 g/mol. The maximum absolute atomic E-state index is 12.7. The highest BCUT2D eigenvalue weighted by atomic mass is 32.2. The molecule has 3 heterocycles. The van der Waals surface area contributed by atoms with Crippen LogP contribution >= 0.6 is 34.4 Å². The second kappa shape index (κ2) is 9.65. The number of nitrogens with two attached hydrogens (primary N) is 1. The van der Waals surface area contributed by atoms with Crippen LogP contribution in [0.2, 0.25) is 0 Å². The maximum atomic E-state index is 12.7. The van der Waals surface area contributed by atoms with Crippen LogP contribution in [0.4, 0.5) is 5.00 Å². The number of thiophene rings is 2. The van der Waals surface area contributed by atoms with Crippen LogP contribution < -0.4 is 16.6 Å². The maximum Gasteiger partial charge on any atom is 0.341 e. The Kier molecular flexibility index (Phi) is 6.86. The summed E-state index contributed by atoms with van der Waals surface area (Å²) >= 11 is 3.56. The number of hydrogen-bond acceptors (Lipinski definition) is 9. The van der Waals surface area contributed by atoms with Crippen LogP contribution in [0.1, 0.15) is 55.8 Å². The van der Waals surface area contributed by atoms with E-state index in [1.807, 2.05) is 0 Å². The predicted molar refractivity (Wildman–Crippen MR) is 130 cm³/mol. The molecule has 12 heteroatoms. The lowest BCUT2D eigenvalue weighted by molar-refractivity contribution is -0.113. The number of ether oxygens (including phenoxy) is 1. The van der Waals surface area contributed by atoms with Crippen LogP contribution in [0.3, 0.4) is 0 Å². The van der Waals surface area contributed by atoms with E-state index >= 15 is 0 Å². The Morgan fingerprint density at radius 2 is 2.00 bits per heavy atom. The predicted octanol–water partition coefficient (Wildman–Crippen LogP) is 3.24. The number of aromatic nitrogens is 2. The SMILES string of the molecule is CCOC(=O)c1c(NC(=O)CSc2nc3sc4c(c3c(=O)[nH]2)CCCC4)sc(C(N)=O)c1C. The highest BCUT2D eigenvalue weighted by Crippen LogP contribution is 2.35. The van der Waals surface area contributed by atoms with Crippen LogP contribution in [0.15, 0.2) is 9.95 Å². The fourth-order valence-electron chi connectivity index (χ4n) is 3.79. The zero-order valence-electron chi connectivity index (χ0n) is 18.0. The molecule has 1 aliphatic rings. The van der Waals surface area contributed by atoms with Crippen molar-refractivity contribution in [1.82, 2.24) is 9.97 Å². The van der Waals surface area contributed by atoms with Crippen molar-refractivity contribution in [2.75, 3.05) is 17.7 Å². The number of primary amides is 1. The number of fused-ring (bicyclic) bond motifs is 3. The Balaban J connectivity index is 1.51. The summed E-state index contributed by atoms with van der Waals surface area (Å²) in [6.45, 7) is 3.40. The van der Waals surface area contributed by atoms with Gasteiger partial charge in [-0.05, 0) is 50.7 Å². The Hall–Kier alpha value is -2.70. The Morgan fingerprint density at radius 1 is 1.24 bits per heavy atom. The molecule has 4 N–H and O–H groups in total. The van der Waals surface area contributed by atoms with Crippen molar-refractivity contribution in [3.8, 4) is 0 Å². The van der Waals surface area contributed by atoms with E-state index < -0.39 is 17.8 Å². The van der Waals surface area contributed by atoms with Gasteiger partial charge in [0.15, 0.2) is 5.16 Å². The van der Waals surface area contributed by atoms with E-state index in [4.69, 9.17) is 10.5 Å². The molecule has 3 aromatic heterocycles. The molecule has 174 valence electrons. The molecule has 0 radical (unpaired) electrons. The summed E-state index contributed by atoms with van der Waals surface area (Å²) in [6.07, 6.45) is 4.05. The molecule has 0 unspecified atom stereocenters. The largest absolute Gasteiger partial charge is 0.462 e. The minimum Gasteiger partial charge on any atom is -0.462 e. The lowest BCUT2D eigenvalue weighted by atomic mass is 9.97. The molecule has 0 spiro atoms. The second-order valence-corrected chi connectivity index (χ2v) is 10.5. The number of carbonyl (C=O) groups is 3. The highest BCUT2D eigenvalue weighted by Gasteiger charge is 2.26. The Morgan fingerprint density at radius 3 is 2.73 bits per heavy atom. The molecule has 0 atom stereocenters. The number of aromatic amines is 1. The van der Waals surface area contributed by atoms with Crippen LogP contribution in [0, 0.1) is 6.92 Å². The number of nitrogens with zero attached hydrogens (tertiary/aromatic N) is 1. The van der Waals surface area contributed by atoms with Crippen molar-refractivity contribution in [2.45, 2.75) is 44.7 Å². The fraction of sp³-hybridized carbons (Fsp3) is 0.381. The summed E-state index contributed by atoms with van der Waals surface area (Å²) in [5, 5.41) is 3.88. The van der Waals surface area contributed by atoms with Gasteiger partial charge in [-0.25, -0.2) is 9.78 Å². The number of anilines is 1. The zero-order chi connectivity index (χ0) is 23.7. The number of nitrogens with one attached hydrogen (secondary N) is 2.